The van der Waals surface area contributed by atoms with Crippen molar-refractivity contribution in [3.8, 4) is 0 Å². The minimum atomic E-state index is -0.655. The Morgan fingerprint density at radius 2 is 1.77 bits per heavy atom. The summed E-state index contributed by atoms with van der Waals surface area (Å²) in [6.45, 7) is 5.88. The summed E-state index contributed by atoms with van der Waals surface area (Å²) >= 11 is 5.82. The Hall–Kier alpha value is -2.40. The van der Waals surface area contributed by atoms with E-state index in [9.17, 15) is 9.90 Å². The normalized spacial score (nSPS) is 18.6. The summed E-state index contributed by atoms with van der Waals surface area (Å²) in [4.78, 5) is 13.5. The number of nitrogens with zero attached hydrogens (tertiary/aromatic N) is 1. The largest absolute Gasteiger partial charge is 0.481 e. The molecular weight excluding hydrogens is 392 g/mol. The van der Waals surface area contributed by atoms with Gasteiger partial charge in [-0.15, -0.1) is 0 Å². The molecule has 5 heteroatoms. The van der Waals surface area contributed by atoms with E-state index in [1.54, 1.807) is 0 Å². The lowest BCUT2D eigenvalue weighted by Gasteiger charge is -2.33. The van der Waals surface area contributed by atoms with Crippen LogP contribution in [0, 0.1) is 18.8 Å². The summed E-state index contributed by atoms with van der Waals surface area (Å²) in [5.74, 6) is -0.377. The number of thiocarbonyl (C=S) groups is 1. The van der Waals surface area contributed by atoms with Gasteiger partial charge in [-0.2, -0.15) is 0 Å². The van der Waals surface area contributed by atoms with Crippen LogP contribution in [0.2, 0.25) is 0 Å². The number of nitrogens with one attached hydrogen (secondary N) is 1. The second-order valence-electron chi connectivity index (χ2n) is 8.34. The average Bonchev–Trinajstić information content (AvgIpc) is 2.75. The second kappa shape index (κ2) is 10.6. The molecule has 0 unspecified atom stereocenters. The van der Waals surface area contributed by atoms with Gasteiger partial charge >= 0.3 is 5.97 Å². The first kappa shape index (κ1) is 22.3. The smallest absolute Gasteiger partial charge is 0.306 e. The van der Waals surface area contributed by atoms with Crippen LogP contribution in [0.25, 0.3) is 0 Å². The van der Waals surface area contributed by atoms with Crippen molar-refractivity contribution in [1.82, 2.24) is 4.90 Å². The molecule has 2 aromatic carbocycles. The lowest BCUT2D eigenvalue weighted by atomic mass is 9.82. The number of carboxylic acids is 1. The fourth-order valence-electron chi connectivity index (χ4n) is 4.14. The van der Waals surface area contributed by atoms with Gasteiger partial charge in [-0.1, -0.05) is 43.3 Å². The first-order chi connectivity index (χ1) is 14.5. The number of carbonyl (C=O) groups is 1. The van der Waals surface area contributed by atoms with Crippen LogP contribution in [0.5, 0.6) is 0 Å². The third-order valence-corrected chi connectivity index (χ3v) is 6.56. The van der Waals surface area contributed by atoms with Crippen molar-refractivity contribution in [2.75, 3.05) is 11.9 Å². The maximum atomic E-state index is 11.3. The van der Waals surface area contributed by atoms with Crippen LogP contribution in [-0.4, -0.2) is 27.6 Å². The van der Waals surface area contributed by atoms with E-state index in [1.165, 1.54) is 16.7 Å². The van der Waals surface area contributed by atoms with Crippen molar-refractivity contribution in [2.45, 2.75) is 52.5 Å². The maximum Gasteiger partial charge on any atom is 0.306 e. The van der Waals surface area contributed by atoms with E-state index >= 15 is 0 Å². The molecule has 0 atom stereocenters. The molecule has 2 aromatic rings. The summed E-state index contributed by atoms with van der Waals surface area (Å²) in [5, 5.41) is 13.4. The lowest BCUT2D eigenvalue weighted by Crippen LogP contribution is -2.39. The van der Waals surface area contributed by atoms with E-state index in [1.807, 2.05) is 0 Å². The van der Waals surface area contributed by atoms with Gasteiger partial charge in [-0.05, 0) is 86.0 Å². The molecule has 30 heavy (non-hydrogen) atoms. The molecule has 1 aliphatic rings. The van der Waals surface area contributed by atoms with E-state index < -0.39 is 5.97 Å². The fourth-order valence-corrected chi connectivity index (χ4v) is 4.40. The summed E-state index contributed by atoms with van der Waals surface area (Å²) in [7, 11) is 0. The lowest BCUT2D eigenvalue weighted by molar-refractivity contribution is -0.143. The van der Waals surface area contributed by atoms with E-state index in [0.717, 1.165) is 56.0 Å². The Kier molecular flexibility index (Phi) is 7.86. The van der Waals surface area contributed by atoms with Gasteiger partial charge in [0.15, 0.2) is 5.11 Å². The molecular formula is C25H32N2O2S. The molecule has 0 saturated heterocycles. The molecule has 1 aliphatic carbocycles. The number of rotatable bonds is 7. The van der Waals surface area contributed by atoms with Crippen LogP contribution in [0.3, 0.4) is 0 Å². The van der Waals surface area contributed by atoms with Gasteiger partial charge in [0.2, 0.25) is 0 Å². The minimum Gasteiger partial charge on any atom is -0.481 e. The van der Waals surface area contributed by atoms with Crippen molar-refractivity contribution in [2.24, 2.45) is 11.8 Å². The maximum absolute atomic E-state index is 11.3. The topological polar surface area (TPSA) is 52.6 Å². The third-order valence-electron chi connectivity index (χ3n) is 6.20. The predicted octanol–water partition coefficient (Wildman–Crippen LogP) is 5.65. The molecule has 1 saturated carbocycles. The van der Waals surface area contributed by atoms with Crippen molar-refractivity contribution in [3.05, 3.63) is 65.2 Å². The van der Waals surface area contributed by atoms with Gasteiger partial charge in [0.25, 0.3) is 0 Å². The van der Waals surface area contributed by atoms with Gasteiger partial charge < -0.3 is 15.3 Å². The molecule has 0 amide bonds. The van der Waals surface area contributed by atoms with Gasteiger partial charge in [0.1, 0.15) is 0 Å². The molecule has 0 aliphatic heterocycles. The summed E-state index contributed by atoms with van der Waals surface area (Å²) in [6, 6.07) is 16.8. The van der Waals surface area contributed by atoms with E-state index in [2.05, 4.69) is 72.6 Å². The van der Waals surface area contributed by atoms with Crippen LogP contribution in [-0.2, 0) is 17.8 Å². The molecule has 1 fully saturated rings. The standard InChI is InChI=1S/C25H32N2O2S/c1-3-19-10-14-23(15-11-19)26-25(30)27(17-22-7-5-4-6-18(22)2)16-20-8-12-21(13-9-20)24(28)29/h4-7,10-11,14-15,20-21H,3,8-9,12-13,16-17H2,1-2H3,(H,26,30)(H,28,29). The Bertz CT molecular complexity index is 858. The van der Waals surface area contributed by atoms with E-state index in [0.29, 0.717) is 5.92 Å². The number of carboxylic acid groups (broad SMARTS) is 1. The Morgan fingerprint density at radius 3 is 2.37 bits per heavy atom. The molecule has 0 spiro atoms. The number of hydrogen-bond acceptors (Lipinski definition) is 2. The van der Waals surface area contributed by atoms with Crippen molar-refractivity contribution in [3.63, 3.8) is 0 Å². The molecule has 3 rings (SSSR count). The molecule has 0 bridgehead atoms. The summed E-state index contributed by atoms with van der Waals surface area (Å²) < 4.78 is 0. The number of benzene rings is 2. The monoisotopic (exact) mass is 424 g/mol. The van der Waals surface area contributed by atoms with Crippen LogP contribution < -0.4 is 5.32 Å². The molecule has 0 aromatic heterocycles. The van der Waals surface area contributed by atoms with Crippen molar-refractivity contribution in [1.29, 1.82) is 0 Å². The summed E-state index contributed by atoms with van der Waals surface area (Å²) in [5.41, 5.74) is 4.83. The number of aliphatic carboxylic acids is 1. The van der Waals surface area contributed by atoms with Crippen LogP contribution in [0.4, 0.5) is 5.69 Å². The molecule has 160 valence electrons. The molecule has 0 heterocycles. The average molecular weight is 425 g/mol. The quantitative estimate of drug-likeness (QED) is 0.563. The number of hydrogen-bond donors (Lipinski definition) is 2. The molecule has 4 nitrogen and oxygen atoms in total. The third kappa shape index (κ3) is 6.05. The van der Waals surface area contributed by atoms with E-state index in [-0.39, 0.29) is 5.92 Å². The zero-order valence-electron chi connectivity index (χ0n) is 17.9. The Labute approximate surface area is 185 Å². The zero-order chi connectivity index (χ0) is 21.5. The van der Waals surface area contributed by atoms with Crippen LogP contribution >= 0.6 is 12.2 Å². The minimum absolute atomic E-state index is 0.187. The summed E-state index contributed by atoms with van der Waals surface area (Å²) in [6.07, 6.45) is 4.42. The molecule has 0 radical (unpaired) electrons. The number of anilines is 1. The number of aryl methyl sites for hydroxylation is 2. The predicted molar refractivity (Wildman–Crippen MR) is 127 cm³/mol. The first-order valence-electron chi connectivity index (χ1n) is 10.9. The highest BCUT2D eigenvalue weighted by molar-refractivity contribution is 7.80. The highest BCUT2D eigenvalue weighted by Crippen LogP contribution is 2.30. The Balaban J connectivity index is 1.70. The zero-order valence-corrected chi connectivity index (χ0v) is 18.8. The molecule has 2 N–H and O–H groups in total. The fraction of sp³-hybridized carbons (Fsp3) is 0.440. The highest BCUT2D eigenvalue weighted by Gasteiger charge is 2.27. The highest BCUT2D eigenvalue weighted by atomic mass is 32.1. The van der Waals surface area contributed by atoms with Crippen LogP contribution in [0.1, 0.15) is 49.3 Å². The van der Waals surface area contributed by atoms with Gasteiger partial charge in [0, 0.05) is 18.8 Å². The van der Waals surface area contributed by atoms with Crippen molar-refractivity contribution >= 4 is 29.0 Å². The van der Waals surface area contributed by atoms with Gasteiger partial charge in [-0.3, -0.25) is 4.79 Å². The Morgan fingerprint density at radius 1 is 1.10 bits per heavy atom. The van der Waals surface area contributed by atoms with Crippen molar-refractivity contribution < 1.29 is 9.90 Å². The second-order valence-corrected chi connectivity index (χ2v) is 8.73. The SMILES string of the molecule is CCc1ccc(NC(=S)N(Cc2ccccc2C)CC2CCC(C(=O)O)CC2)cc1. The van der Waals surface area contributed by atoms with Crippen LogP contribution in [0.15, 0.2) is 48.5 Å². The van der Waals surface area contributed by atoms with E-state index in [4.69, 9.17) is 12.2 Å². The first-order valence-corrected chi connectivity index (χ1v) is 11.3. The van der Waals surface area contributed by atoms with Gasteiger partial charge in [-0.25, -0.2) is 0 Å². The van der Waals surface area contributed by atoms with Gasteiger partial charge in [0.05, 0.1) is 5.92 Å².